The first-order valence-electron chi connectivity index (χ1n) is 6.48. The Bertz CT molecular complexity index is 624. The summed E-state index contributed by atoms with van der Waals surface area (Å²) in [6.45, 7) is -0.199. The minimum atomic E-state index is -0.542. The Morgan fingerprint density at radius 3 is 2.10 bits per heavy atom. The zero-order chi connectivity index (χ0) is 15.2. The van der Waals surface area contributed by atoms with Gasteiger partial charge in [0.05, 0.1) is 12.6 Å². The van der Waals surface area contributed by atoms with Crippen molar-refractivity contribution in [2.24, 2.45) is 5.73 Å². The molecule has 0 aliphatic rings. The summed E-state index contributed by atoms with van der Waals surface area (Å²) in [5.41, 5.74) is 6.71. The van der Waals surface area contributed by atoms with E-state index in [9.17, 15) is 14.7 Å². The maximum Gasteiger partial charge on any atom is 0.251 e. The Morgan fingerprint density at radius 1 is 1.00 bits per heavy atom. The van der Waals surface area contributed by atoms with Crippen molar-refractivity contribution < 1.29 is 14.7 Å². The van der Waals surface area contributed by atoms with Crippen molar-refractivity contribution in [3.63, 3.8) is 0 Å². The number of nitrogens with one attached hydrogen (secondary N) is 1. The summed E-state index contributed by atoms with van der Waals surface area (Å²) in [7, 11) is 0. The van der Waals surface area contributed by atoms with Crippen LogP contribution in [0.15, 0.2) is 54.6 Å². The van der Waals surface area contributed by atoms with Crippen LogP contribution in [0.4, 0.5) is 0 Å². The van der Waals surface area contributed by atoms with E-state index < -0.39 is 11.9 Å². The maximum atomic E-state index is 12.1. The number of nitrogens with two attached hydrogens (primary N) is 1. The zero-order valence-corrected chi connectivity index (χ0v) is 11.3. The summed E-state index contributed by atoms with van der Waals surface area (Å²) in [6, 6.07) is 14.8. The number of benzene rings is 2. The van der Waals surface area contributed by atoms with Crippen LogP contribution in [-0.2, 0) is 0 Å². The highest BCUT2D eigenvalue weighted by Crippen LogP contribution is 2.13. The lowest BCUT2D eigenvalue weighted by Crippen LogP contribution is -2.30. The quantitative estimate of drug-likeness (QED) is 0.771. The first kappa shape index (κ1) is 14.7. The molecule has 0 saturated heterocycles. The molecule has 0 heterocycles. The summed E-state index contributed by atoms with van der Waals surface area (Å²) < 4.78 is 0. The molecule has 5 nitrogen and oxygen atoms in total. The first-order valence-corrected chi connectivity index (χ1v) is 6.48. The molecule has 0 saturated carbocycles. The van der Waals surface area contributed by atoms with Crippen LogP contribution in [0.2, 0.25) is 0 Å². The molecule has 2 amide bonds. The van der Waals surface area contributed by atoms with Crippen LogP contribution in [0.3, 0.4) is 0 Å². The van der Waals surface area contributed by atoms with Crippen molar-refractivity contribution in [1.29, 1.82) is 0 Å². The van der Waals surface area contributed by atoms with Crippen molar-refractivity contribution in [3.05, 3.63) is 71.3 Å². The zero-order valence-electron chi connectivity index (χ0n) is 11.3. The molecule has 1 unspecified atom stereocenters. The molecular formula is C16H16N2O3. The fourth-order valence-electron chi connectivity index (χ4n) is 1.95. The number of rotatable bonds is 5. The van der Waals surface area contributed by atoms with E-state index >= 15 is 0 Å². The second kappa shape index (κ2) is 6.67. The molecule has 0 aromatic heterocycles. The Labute approximate surface area is 122 Å². The summed E-state index contributed by atoms with van der Waals surface area (Å²) in [6.07, 6.45) is 0. The molecule has 21 heavy (non-hydrogen) atoms. The van der Waals surface area contributed by atoms with Crippen LogP contribution < -0.4 is 11.1 Å². The topological polar surface area (TPSA) is 92.4 Å². The van der Waals surface area contributed by atoms with Crippen molar-refractivity contribution in [1.82, 2.24) is 5.32 Å². The summed E-state index contributed by atoms with van der Waals surface area (Å²) in [5.74, 6) is -0.867. The third-order valence-corrected chi connectivity index (χ3v) is 3.12. The lowest BCUT2D eigenvalue weighted by Gasteiger charge is -2.16. The molecule has 1 atom stereocenters. The number of primary amides is 1. The minimum absolute atomic E-state index is 0.199. The molecule has 0 spiro atoms. The molecular weight excluding hydrogens is 268 g/mol. The fraction of sp³-hybridized carbons (Fsp3) is 0.125. The van der Waals surface area contributed by atoms with Gasteiger partial charge in [0.15, 0.2) is 0 Å². The largest absolute Gasteiger partial charge is 0.394 e. The predicted molar refractivity (Wildman–Crippen MR) is 78.7 cm³/mol. The first-order chi connectivity index (χ1) is 10.1. The molecule has 0 aliphatic heterocycles. The van der Waals surface area contributed by atoms with E-state index in [4.69, 9.17) is 5.73 Å². The smallest absolute Gasteiger partial charge is 0.251 e. The van der Waals surface area contributed by atoms with E-state index in [0.717, 1.165) is 5.56 Å². The Hall–Kier alpha value is -2.66. The SMILES string of the molecule is NC(=O)c1ccc(C(=O)NC(CO)c2ccccc2)cc1. The Morgan fingerprint density at radius 2 is 1.57 bits per heavy atom. The highest BCUT2D eigenvalue weighted by molar-refractivity contribution is 5.97. The second-order valence-corrected chi connectivity index (χ2v) is 4.56. The molecule has 4 N–H and O–H groups in total. The van der Waals surface area contributed by atoms with Gasteiger partial charge < -0.3 is 16.2 Å². The minimum Gasteiger partial charge on any atom is -0.394 e. The summed E-state index contributed by atoms with van der Waals surface area (Å²) in [5, 5.41) is 12.2. The van der Waals surface area contributed by atoms with E-state index in [2.05, 4.69) is 5.32 Å². The Kier molecular flexibility index (Phi) is 4.68. The van der Waals surface area contributed by atoms with Gasteiger partial charge in [-0.2, -0.15) is 0 Å². The highest BCUT2D eigenvalue weighted by atomic mass is 16.3. The van der Waals surface area contributed by atoms with E-state index in [-0.39, 0.29) is 12.5 Å². The standard InChI is InChI=1S/C16H16N2O3/c17-15(20)12-6-8-13(9-7-12)16(21)18-14(10-19)11-4-2-1-3-5-11/h1-9,14,19H,10H2,(H2,17,20)(H,18,21). The lowest BCUT2D eigenvalue weighted by molar-refractivity contribution is 0.0914. The summed E-state index contributed by atoms with van der Waals surface area (Å²) >= 11 is 0. The van der Waals surface area contributed by atoms with Crippen LogP contribution in [0.5, 0.6) is 0 Å². The van der Waals surface area contributed by atoms with Gasteiger partial charge >= 0.3 is 0 Å². The van der Waals surface area contributed by atoms with Crippen LogP contribution >= 0.6 is 0 Å². The van der Waals surface area contributed by atoms with Crippen LogP contribution in [0.25, 0.3) is 0 Å². The predicted octanol–water partition coefficient (Wildman–Crippen LogP) is 1.25. The number of hydrogen-bond acceptors (Lipinski definition) is 3. The number of hydrogen-bond donors (Lipinski definition) is 3. The molecule has 0 radical (unpaired) electrons. The molecule has 2 rings (SSSR count). The number of aliphatic hydroxyl groups excluding tert-OH is 1. The molecule has 108 valence electrons. The van der Waals surface area contributed by atoms with Crippen LogP contribution in [-0.4, -0.2) is 23.5 Å². The van der Waals surface area contributed by atoms with Gasteiger partial charge in [-0.15, -0.1) is 0 Å². The van der Waals surface area contributed by atoms with Gasteiger partial charge in [-0.05, 0) is 29.8 Å². The Balaban J connectivity index is 2.11. The number of carbonyl (C=O) groups excluding carboxylic acids is 2. The van der Waals surface area contributed by atoms with Gasteiger partial charge in [-0.3, -0.25) is 9.59 Å². The molecule has 0 aliphatic carbocycles. The van der Waals surface area contributed by atoms with Crippen molar-refractivity contribution in [2.45, 2.75) is 6.04 Å². The molecule has 0 bridgehead atoms. The molecule has 0 fully saturated rings. The summed E-state index contributed by atoms with van der Waals surface area (Å²) in [4.78, 5) is 23.1. The number of carbonyl (C=O) groups is 2. The van der Waals surface area contributed by atoms with Gasteiger partial charge in [0.25, 0.3) is 5.91 Å². The van der Waals surface area contributed by atoms with E-state index in [1.165, 1.54) is 24.3 Å². The van der Waals surface area contributed by atoms with Gasteiger partial charge in [-0.25, -0.2) is 0 Å². The third-order valence-electron chi connectivity index (χ3n) is 3.12. The average Bonchev–Trinajstić information content (AvgIpc) is 2.53. The average molecular weight is 284 g/mol. The number of aliphatic hydroxyl groups is 1. The van der Waals surface area contributed by atoms with Gasteiger partial charge in [0.1, 0.15) is 0 Å². The van der Waals surface area contributed by atoms with E-state index in [1.54, 1.807) is 0 Å². The van der Waals surface area contributed by atoms with E-state index in [0.29, 0.717) is 11.1 Å². The van der Waals surface area contributed by atoms with E-state index in [1.807, 2.05) is 30.3 Å². The van der Waals surface area contributed by atoms with Crippen molar-refractivity contribution in [2.75, 3.05) is 6.61 Å². The molecule has 2 aromatic carbocycles. The third kappa shape index (κ3) is 3.67. The van der Waals surface area contributed by atoms with Gasteiger partial charge in [-0.1, -0.05) is 30.3 Å². The van der Waals surface area contributed by atoms with Crippen LogP contribution in [0, 0.1) is 0 Å². The van der Waals surface area contributed by atoms with Crippen LogP contribution in [0.1, 0.15) is 32.3 Å². The maximum absolute atomic E-state index is 12.1. The number of amides is 2. The monoisotopic (exact) mass is 284 g/mol. The highest BCUT2D eigenvalue weighted by Gasteiger charge is 2.14. The molecule has 5 heteroatoms. The van der Waals surface area contributed by atoms with Crippen molar-refractivity contribution >= 4 is 11.8 Å². The van der Waals surface area contributed by atoms with Gasteiger partial charge in [0.2, 0.25) is 5.91 Å². The fourth-order valence-corrected chi connectivity index (χ4v) is 1.95. The second-order valence-electron chi connectivity index (χ2n) is 4.56. The normalized spacial score (nSPS) is 11.7. The molecule has 2 aromatic rings. The van der Waals surface area contributed by atoms with Crippen molar-refractivity contribution in [3.8, 4) is 0 Å². The lowest BCUT2D eigenvalue weighted by atomic mass is 10.1. The van der Waals surface area contributed by atoms with Gasteiger partial charge in [0, 0.05) is 11.1 Å².